The number of benzene rings is 3. The van der Waals surface area contributed by atoms with Gasteiger partial charge in [0, 0.05) is 16.8 Å². The molecule has 0 aliphatic heterocycles. The number of anilines is 1. The Hall–Kier alpha value is -2.36. The van der Waals surface area contributed by atoms with Gasteiger partial charge in [-0.15, -0.1) is 0 Å². The van der Waals surface area contributed by atoms with Gasteiger partial charge in [0.05, 0.1) is 10.6 Å². The number of rotatable bonds is 11. The Labute approximate surface area is 212 Å². The maximum absolute atomic E-state index is 13.4. The van der Waals surface area contributed by atoms with Gasteiger partial charge in [0.15, 0.2) is 0 Å². The summed E-state index contributed by atoms with van der Waals surface area (Å²) < 4.78 is 41.5. The number of aryl methyl sites for hydroxylation is 1. The van der Waals surface area contributed by atoms with Crippen molar-refractivity contribution >= 4 is 49.3 Å². The number of carbonyl (C=O) groups is 1. The van der Waals surface area contributed by atoms with E-state index in [0.29, 0.717) is 16.7 Å². The van der Waals surface area contributed by atoms with E-state index in [-0.39, 0.29) is 23.2 Å². The summed E-state index contributed by atoms with van der Waals surface area (Å²) in [6.45, 7) is 2.00. The van der Waals surface area contributed by atoms with Gasteiger partial charge in [0.25, 0.3) is 10.0 Å². The SMILES string of the molecule is Cc1ccc(S(=O)(=O)N(CC(=O)NCCCSCc2ccc(F)cc2)c2cccc(Br)c2)cc1. The Balaban J connectivity index is 1.58. The molecule has 0 aliphatic carbocycles. The molecule has 0 saturated heterocycles. The van der Waals surface area contributed by atoms with Crippen molar-refractivity contribution < 1.29 is 17.6 Å². The topological polar surface area (TPSA) is 66.5 Å². The number of carbonyl (C=O) groups excluding carboxylic acids is 1. The molecular formula is C25H26BrFN2O3S2. The molecule has 0 fully saturated rings. The fourth-order valence-corrected chi connectivity index (χ4v) is 5.86. The zero-order valence-corrected chi connectivity index (χ0v) is 21.9. The Kier molecular flexibility index (Phi) is 9.55. The van der Waals surface area contributed by atoms with Crippen LogP contribution in [0.2, 0.25) is 0 Å². The van der Waals surface area contributed by atoms with E-state index in [4.69, 9.17) is 0 Å². The van der Waals surface area contributed by atoms with Crippen molar-refractivity contribution in [3.05, 3.63) is 94.2 Å². The number of thioether (sulfide) groups is 1. The first kappa shape index (κ1) is 26.2. The van der Waals surface area contributed by atoms with Crippen molar-refractivity contribution in [2.45, 2.75) is 24.0 Å². The summed E-state index contributed by atoms with van der Waals surface area (Å²) in [5.74, 6) is 0.950. The monoisotopic (exact) mass is 564 g/mol. The molecule has 3 rings (SSSR count). The van der Waals surface area contributed by atoms with Crippen LogP contribution in [0.25, 0.3) is 0 Å². The van der Waals surface area contributed by atoms with E-state index in [9.17, 15) is 17.6 Å². The number of amides is 1. The summed E-state index contributed by atoms with van der Waals surface area (Å²) in [4.78, 5) is 12.8. The van der Waals surface area contributed by atoms with Crippen LogP contribution in [0, 0.1) is 12.7 Å². The lowest BCUT2D eigenvalue weighted by Crippen LogP contribution is -2.41. The summed E-state index contributed by atoms with van der Waals surface area (Å²) >= 11 is 5.07. The van der Waals surface area contributed by atoms with Gasteiger partial charge in [0.2, 0.25) is 5.91 Å². The van der Waals surface area contributed by atoms with Crippen LogP contribution in [0.4, 0.5) is 10.1 Å². The number of hydrogen-bond acceptors (Lipinski definition) is 4. The van der Waals surface area contributed by atoms with E-state index in [0.717, 1.165) is 33.4 Å². The predicted molar refractivity (Wildman–Crippen MR) is 140 cm³/mol. The molecule has 0 spiro atoms. The van der Waals surface area contributed by atoms with Gasteiger partial charge < -0.3 is 5.32 Å². The van der Waals surface area contributed by atoms with Gasteiger partial charge in [-0.2, -0.15) is 11.8 Å². The van der Waals surface area contributed by atoms with Gasteiger partial charge in [-0.1, -0.05) is 51.8 Å². The zero-order chi connectivity index (χ0) is 24.6. The molecule has 0 unspecified atom stereocenters. The summed E-state index contributed by atoms with van der Waals surface area (Å²) in [7, 11) is -3.93. The van der Waals surface area contributed by atoms with Crippen molar-refractivity contribution in [3.8, 4) is 0 Å². The normalized spacial score (nSPS) is 11.3. The average molecular weight is 566 g/mol. The Morgan fingerprint density at radius 3 is 2.44 bits per heavy atom. The third-order valence-electron chi connectivity index (χ3n) is 4.96. The first-order chi connectivity index (χ1) is 16.3. The molecule has 0 radical (unpaired) electrons. The van der Waals surface area contributed by atoms with Crippen molar-refractivity contribution in [1.82, 2.24) is 5.32 Å². The van der Waals surface area contributed by atoms with Gasteiger partial charge in [-0.25, -0.2) is 12.8 Å². The molecule has 0 saturated carbocycles. The highest BCUT2D eigenvalue weighted by Crippen LogP contribution is 2.26. The zero-order valence-electron chi connectivity index (χ0n) is 18.7. The van der Waals surface area contributed by atoms with Crippen LogP contribution in [0.1, 0.15) is 17.5 Å². The fraction of sp³-hybridized carbons (Fsp3) is 0.240. The second-order valence-electron chi connectivity index (χ2n) is 7.69. The van der Waals surface area contributed by atoms with E-state index < -0.39 is 10.0 Å². The van der Waals surface area contributed by atoms with Crippen LogP contribution in [0.5, 0.6) is 0 Å². The molecule has 34 heavy (non-hydrogen) atoms. The van der Waals surface area contributed by atoms with Crippen LogP contribution in [-0.4, -0.2) is 33.2 Å². The van der Waals surface area contributed by atoms with Gasteiger partial charge in [-0.3, -0.25) is 9.10 Å². The van der Waals surface area contributed by atoms with E-state index in [2.05, 4.69) is 21.2 Å². The standard InChI is InChI=1S/C25H26BrFN2O3S2/c1-19-6-12-24(13-7-19)34(31,32)29(23-5-2-4-21(26)16-23)17-25(30)28-14-3-15-33-18-20-8-10-22(27)11-9-20/h2,4-13,16H,3,14-15,17-18H2,1H3,(H,28,30). The predicted octanol–water partition coefficient (Wildman–Crippen LogP) is 5.53. The number of halogens is 2. The minimum atomic E-state index is -3.93. The van der Waals surface area contributed by atoms with Crippen molar-refractivity contribution in [2.75, 3.05) is 23.1 Å². The second-order valence-corrected chi connectivity index (χ2v) is 11.6. The number of nitrogens with zero attached hydrogens (tertiary/aromatic N) is 1. The van der Waals surface area contributed by atoms with Gasteiger partial charge >= 0.3 is 0 Å². The molecule has 180 valence electrons. The molecule has 1 amide bonds. The first-order valence-corrected chi connectivity index (χ1v) is 14.1. The maximum atomic E-state index is 13.4. The minimum Gasteiger partial charge on any atom is -0.354 e. The molecule has 0 atom stereocenters. The lowest BCUT2D eigenvalue weighted by molar-refractivity contribution is -0.119. The number of hydrogen-bond donors (Lipinski definition) is 1. The minimum absolute atomic E-state index is 0.128. The van der Waals surface area contributed by atoms with Crippen LogP contribution in [-0.2, 0) is 20.6 Å². The van der Waals surface area contributed by atoms with E-state index >= 15 is 0 Å². The molecule has 3 aromatic rings. The van der Waals surface area contributed by atoms with Crippen molar-refractivity contribution in [1.29, 1.82) is 0 Å². The molecular weight excluding hydrogens is 539 g/mol. The third kappa shape index (κ3) is 7.58. The van der Waals surface area contributed by atoms with Crippen LogP contribution >= 0.6 is 27.7 Å². The van der Waals surface area contributed by atoms with E-state index in [1.165, 1.54) is 12.1 Å². The van der Waals surface area contributed by atoms with Crippen molar-refractivity contribution in [2.24, 2.45) is 0 Å². The highest BCUT2D eigenvalue weighted by atomic mass is 79.9. The molecule has 1 N–H and O–H groups in total. The molecule has 0 bridgehead atoms. The molecule has 0 heterocycles. The fourth-order valence-electron chi connectivity index (χ4n) is 3.14. The lowest BCUT2D eigenvalue weighted by Gasteiger charge is -2.24. The lowest BCUT2D eigenvalue weighted by atomic mass is 10.2. The summed E-state index contributed by atoms with van der Waals surface area (Å²) in [5, 5.41) is 2.82. The second kappa shape index (κ2) is 12.4. The number of sulfonamides is 1. The van der Waals surface area contributed by atoms with Crippen LogP contribution in [0.3, 0.4) is 0 Å². The molecule has 5 nitrogen and oxygen atoms in total. The van der Waals surface area contributed by atoms with Gasteiger partial charge in [0.1, 0.15) is 12.4 Å². The largest absolute Gasteiger partial charge is 0.354 e. The van der Waals surface area contributed by atoms with Gasteiger partial charge in [-0.05, 0) is 67.1 Å². The van der Waals surface area contributed by atoms with Crippen LogP contribution in [0.15, 0.2) is 82.2 Å². The summed E-state index contributed by atoms with van der Waals surface area (Å²) in [6, 6.07) is 19.8. The van der Waals surface area contributed by atoms with E-state index in [1.54, 1.807) is 72.4 Å². The smallest absolute Gasteiger partial charge is 0.264 e. The average Bonchev–Trinajstić information content (AvgIpc) is 2.81. The molecule has 0 aliphatic rings. The summed E-state index contributed by atoms with van der Waals surface area (Å²) in [6.07, 6.45) is 0.735. The van der Waals surface area contributed by atoms with E-state index in [1.807, 2.05) is 6.92 Å². The highest BCUT2D eigenvalue weighted by Gasteiger charge is 2.27. The quantitative estimate of drug-likeness (QED) is 0.311. The van der Waals surface area contributed by atoms with Crippen LogP contribution < -0.4 is 9.62 Å². The highest BCUT2D eigenvalue weighted by molar-refractivity contribution is 9.10. The van der Waals surface area contributed by atoms with Crippen molar-refractivity contribution in [3.63, 3.8) is 0 Å². The molecule has 9 heteroatoms. The Morgan fingerprint density at radius 2 is 1.76 bits per heavy atom. The Bertz CT molecular complexity index is 1200. The maximum Gasteiger partial charge on any atom is 0.264 e. The molecule has 0 aromatic heterocycles. The first-order valence-electron chi connectivity index (χ1n) is 10.7. The Morgan fingerprint density at radius 1 is 1.06 bits per heavy atom. The molecule has 3 aromatic carbocycles. The third-order valence-corrected chi connectivity index (χ3v) is 8.36. The summed E-state index contributed by atoms with van der Waals surface area (Å²) in [5.41, 5.74) is 2.39. The number of nitrogens with one attached hydrogen (secondary N) is 1.